The molecule has 0 spiro atoms. The number of hydrogen-bond donors (Lipinski definition) is 1. The minimum absolute atomic E-state index is 0.154. The maximum absolute atomic E-state index is 12.2. The van der Waals surface area contributed by atoms with Gasteiger partial charge in [-0.3, -0.25) is 4.79 Å². The normalized spacial score (nSPS) is 10.5. The van der Waals surface area contributed by atoms with Crippen molar-refractivity contribution in [2.45, 2.75) is 20.4 Å². The van der Waals surface area contributed by atoms with Gasteiger partial charge in [-0.15, -0.1) is 0 Å². The second-order valence-electron chi connectivity index (χ2n) is 5.32. The van der Waals surface area contributed by atoms with Crippen molar-refractivity contribution >= 4 is 5.91 Å². The Morgan fingerprint density at radius 2 is 1.74 bits per heavy atom. The zero-order chi connectivity index (χ0) is 16.2. The Kier molecular flexibility index (Phi) is 4.19. The van der Waals surface area contributed by atoms with Crippen LogP contribution in [-0.2, 0) is 6.54 Å². The second kappa shape index (κ2) is 6.44. The smallest absolute Gasteiger partial charge is 0.251 e. The van der Waals surface area contributed by atoms with E-state index in [1.54, 1.807) is 6.07 Å². The molecule has 3 rings (SSSR count). The summed E-state index contributed by atoms with van der Waals surface area (Å²) in [5.41, 5.74) is 3.57. The molecule has 1 amide bonds. The first kappa shape index (κ1) is 15.0. The molecule has 0 unspecified atom stereocenters. The van der Waals surface area contributed by atoms with Gasteiger partial charge in [-0.1, -0.05) is 47.6 Å². The summed E-state index contributed by atoms with van der Waals surface area (Å²) in [6, 6.07) is 15.3. The third-order valence-electron chi connectivity index (χ3n) is 3.64. The van der Waals surface area contributed by atoms with Gasteiger partial charge in [0.25, 0.3) is 5.91 Å². The van der Waals surface area contributed by atoms with E-state index in [9.17, 15) is 4.79 Å². The van der Waals surface area contributed by atoms with E-state index in [2.05, 4.69) is 15.5 Å². The first-order valence-electron chi connectivity index (χ1n) is 7.37. The van der Waals surface area contributed by atoms with Crippen LogP contribution in [0.5, 0.6) is 0 Å². The molecule has 5 nitrogen and oxygen atoms in total. The fourth-order valence-electron chi connectivity index (χ4n) is 2.34. The van der Waals surface area contributed by atoms with Crippen molar-refractivity contribution in [3.8, 4) is 11.4 Å². The number of carbonyl (C=O) groups excluding carboxylic acids is 1. The lowest BCUT2D eigenvalue weighted by Gasteiger charge is -2.05. The standard InChI is InChI=1S/C18H17N3O2/c1-12-7-3-5-9-14(12)17-20-16(23-21-17)11-19-18(22)15-10-6-4-8-13(15)2/h3-10H,11H2,1-2H3,(H,19,22). The van der Waals surface area contributed by atoms with Gasteiger partial charge in [0, 0.05) is 11.1 Å². The highest BCUT2D eigenvalue weighted by Gasteiger charge is 2.12. The van der Waals surface area contributed by atoms with Crippen LogP contribution in [0.1, 0.15) is 27.4 Å². The molecule has 5 heteroatoms. The number of benzene rings is 2. The maximum atomic E-state index is 12.2. The first-order valence-corrected chi connectivity index (χ1v) is 7.37. The van der Waals surface area contributed by atoms with Crippen LogP contribution in [0.25, 0.3) is 11.4 Å². The molecule has 0 fully saturated rings. The van der Waals surface area contributed by atoms with Gasteiger partial charge < -0.3 is 9.84 Å². The summed E-state index contributed by atoms with van der Waals surface area (Å²) in [7, 11) is 0. The molecule has 3 aromatic rings. The molecule has 0 aliphatic carbocycles. The van der Waals surface area contributed by atoms with E-state index >= 15 is 0 Å². The third kappa shape index (κ3) is 3.29. The van der Waals surface area contributed by atoms with Crippen molar-refractivity contribution in [2.75, 3.05) is 0 Å². The van der Waals surface area contributed by atoms with E-state index in [-0.39, 0.29) is 12.5 Å². The molecule has 1 aromatic heterocycles. The summed E-state index contributed by atoms with van der Waals surface area (Å²) in [6.45, 7) is 4.09. The summed E-state index contributed by atoms with van der Waals surface area (Å²) in [4.78, 5) is 16.5. The van der Waals surface area contributed by atoms with E-state index in [0.29, 0.717) is 17.3 Å². The quantitative estimate of drug-likeness (QED) is 0.803. The lowest BCUT2D eigenvalue weighted by molar-refractivity contribution is 0.0945. The van der Waals surface area contributed by atoms with Crippen molar-refractivity contribution in [3.63, 3.8) is 0 Å². The monoisotopic (exact) mass is 307 g/mol. The number of nitrogens with one attached hydrogen (secondary N) is 1. The third-order valence-corrected chi connectivity index (χ3v) is 3.64. The van der Waals surface area contributed by atoms with Crippen LogP contribution in [0.2, 0.25) is 0 Å². The Labute approximate surface area is 134 Å². The summed E-state index contributed by atoms with van der Waals surface area (Å²) >= 11 is 0. The average molecular weight is 307 g/mol. The number of aromatic nitrogens is 2. The Bertz CT molecular complexity index is 840. The topological polar surface area (TPSA) is 68.0 Å². The van der Waals surface area contributed by atoms with Gasteiger partial charge in [0.2, 0.25) is 11.7 Å². The molecule has 0 saturated carbocycles. The molecule has 2 aromatic carbocycles. The molecule has 1 heterocycles. The lowest BCUT2D eigenvalue weighted by atomic mass is 10.1. The van der Waals surface area contributed by atoms with Gasteiger partial charge in [-0.2, -0.15) is 4.98 Å². The highest BCUT2D eigenvalue weighted by molar-refractivity contribution is 5.95. The van der Waals surface area contributed by atoms with E-state index in [4.69, 9.17) is 4.52 Å². The minimum Gasteiger partial charge on any atom is -0.343 e. The van der Waals surface area contributed by atoms with Gasteiger partial charge in [0.1, 0.15) is 0 Å². The minimum atomic E-state index is -0.154. The van der Waals surface area contributed by atoms with Crippen LogP contribution in [-0.4, -0.2) is 16.0 Å². The van der Waals surface area contributed by atoms with Gasteiger partial charge in [0.15, 0.2) is 0 Å². The predicted molar refractivity (Wildman–Crippen MR) is 86.8 cm³/mol. The number of amides is 1. The van der Waals surface area contributed by atoms with Gasteiger partial charge in [-0.05, 0) is 31.0 Å². The largest absolute Gasteiger partial charge is 0.343 e. The second-order valence-corrected chi connectivity index (χ2v) is 5.32. The highest BCUT2D eigenvalue weighted by atomic mass is 16.5. The van der Waals surface area contributed by atoms with E-state index in [1.807, 2.05) is 56.3 Å². The van der Waals surface area contributed by atoms with Crippen molar-refractivity contribution in [1.82, 2.24) is 15.5 Å². The fraction of sp³-hybridized carbons (Fsp3) is 0.167. The Balaban J connectivity index is 1.70. The number of rotatable bonds is 4. The molecule has 0 aliphatic heterocycles. The van der Waals surface area contributed by atoms with Crippen molar-refractivity contribution in [2.24, 2.45) is 0 Å². The first-order chi connectivity index (χ1) is 11.1. The lowest BCUT2D eigenvalue weighted by Crippen LogP contribution is -2.23. The Hall–Kier alpha value is -2.95. The van der Waals surface area contributed by atoms with Crippen molar-refractivity contribution < 1.29 is 9.32 Å². The van der Waals surface area contributed by atoms with Crippen LogP contribution in [0.4, 0.5) is 0 Å². The molecule has 23 heavy (non-hydrogen) atoms. The van der Waals surface area contributed by atoms with Crippen molar-refractivity contribution in [1.29, 1.82) is 0 Å². The van der Waals surface area contributed by atoms with Crippen LogP contribution < -0.4 is 5.32 Å². The molecule has 1 N–H and O–H groups in total. The predicted octanol–water partition coefficient (Wildman–Crippen LogP) is 3.28. The molecular weight excluding hydrogens is 290 g/mol. The van der Waals surface area contributed by atoms with Crippen LogP contribution in [0.3, 0.4) is 0 Å². The number of aryl methyl sites for hydroxylation is 2. The number of carbonyl (C=O) groups is 1. The van der Waals surface area contributed by atoms with Crippen LogP contribution >= 0.6 is 0 Å². The van der Waals surface area contributed by atoms with E-state index < -0.39 is 0 Å². The van der Waals surface area contributed by atoms with Crippen molar-refractivity contribution in [3.05, 3.63) is 71.1 Å². The average Bonchev–Trinajstić information content (AvgIpc) is 3.02. The summed E-state index contributed by atoms with van der Waals surface area (Å²) in [6.07, 6.45) is 0. The SMILES string of the molecule is Cc1ccccc1C(=O)NCc1nc(-c2ccccc2C)no1. The summed E-state index contributed by atoms with van der Waals surface area (Å²) in [5.74, 6) is 0.757. The maximum Gasteiger partial charge on any atom is 0.251 e. The number of hydrogen-bond acceptors (Lipinski definition) is 4. The molecule has 116 valence electrons. The zero-order valence-corrected chi connectivity index (χ0v) is 13.0. The number of nitrogens with zero attached hydrogens (tertiary/aromatic N) is 2. The van der Waals surface area contributed by atoms with E-state index in [0.717, 1.165) is 16.7 Å². The van der Waals surface area contributed by atoms with Gasteiger partial charge >= 0.3 is 0 Å². The zero-order valence-electron chi connectivity index (χ0n) is 13.0. The Morgan fingerprint density at radius 3 is 2.48 bits per heavy atom. The molecule has 0 atom stereocenters. The molecule has 0 radical (unpaired) electrons. The van der Waals surface area contributed by atoms with E-state index in [1.165, 1.54) is 0 Å². The highest BCUT2D eigenvalue weighted by Crippen LogP contribution is 2.19. The van der Waals surface area contributed by atoms with Crippen LogP contribution in [0.15, 0.2) is 53.1 Å². The summed E-state index contributed by atoms with van der Waals surface area (Å²) < 4.78 is 5.21. The molecule has 0 bridgehead atoms. The molecule has 0 aliphatic rings. The molecular formula is C18H17N3O2. The Morgan fingerprint density at radius 1 is 1.04 bits per heavy atom. The van der Waals surface area contributed by atoms with Gasteiger partial charge in [-0.25, -0.2) is 0 Å². The van der Waals surface area contributed by atoms with Crippen LogP contribution in [0, 0.1) is 13.8 Å². The molecule has 0 saturated heterocycles. The fourth-order valence-corrected chi connectivity index (χ4v) is 2.34. The van der Waals surface area contributed by atoms with Gasteiger partial charge in [0.05, 0.1) is 6.54 Å². The summed E-state index contributed by atoms with van der Waals surface area (Å²) in [5, 5.41) is 6.78.